The van der Waals surface area contributed by atoms with Gasteiger partial charge in [0.1, 0.15) is 11.8 Å². The van der Waals surface area contributed by atoms with E-state index in [1.54, 1.807) is 11.8 Å². The molecule has 0 saturated heterocycles. The van der Waals surface area contributed by atoms with Crippen molar-refractivity contribution in [1.82, 2.24) is 9.78 Å². The molecular formula is C15H16BrN3O. The number of nitrogens with zero attached hydrogens (tertiary/aromatic N) is 3. The van der Waals surface area contributed by atoms with Gasteiger partial charge < -0.3 is 4.74 Å². The first-order valence-corrected chi connectivity index (χ1v) is 7.09. The van der Waals surface area contributed by atoms with Crippen molar-refractivity contribution in [2.45, 2.75) is 19.8 Å². The van der Waals surface area contributed by atoms with Crippen molar-refractivity contribution < 1.29 is 4.74 Å². The minimum absolute atomic E-state index is 0.375. The first-order valence-electron chi connectivity index (χ1n) is 6.30. The monoisotopic (exact) mass is 333 g/mol. The molecule has 0 atom stereocenters. The van der Waals surface area contributed by atoms with Crippen molar-refractivity contribution in [3.8, 4) is 23.1 Å². The third kappa shape index (κ3) is 2.44. The Labute approximate surface area is 127 Å². The summed E-state index contributed by atoms with van der Waals surface area (Å²) in [6.45, 7) is 4.29. The van der Waals surface area contributed by atoms with Gasteiger partial charge in [-0.3, -0.25) is 4.68 Å². The summed E-state index contributed by atoms with van der Waals surface area (Å²) in [4.78, 5) is 0. The predicted molar refractivity (Wildman–Crippen MR) is 81.7 cm³/mol. The molecule has 2 aromatic rings. The van der Waals surface area contributed by atoms with Gasteiger partial charge in [0.15, 0.2) is 5.69 Å². The van der Waals surface area contributed by atoms with Gasteiger partial charge in [0.05, 0.1) is 17.3 Å². The second-order valence-corrected chi connectivity index (χ2v) is 5.65. The van der Waals surface area contributed by atoms with Crippen LogP contribution in [0.1, 0.15) is 31.0 Å². The number of ether oxygens (including phenoxy) is 1. The van der Waals surface area contributed by atoms with Crippen LogP contribution in [0.4, 0.5) is 0 Å². The summed E-state index contributed by atoms with van der Waals surface area (Å²) in [5.74, 6) is 1.18. The molecule has 0 radical (unpaired) electrons. The van der Waals surface area contributed by atoms with Crippen LogP contribution in [-0.4, -0.2) is 16.9 Å². The topological polar surface area (TPSA) is 50.8 Å². The van der Waals surface area contributed by atoms with Crippen LogP contribution in [0.2, 0.25) is 0 Å². The van der Waals surface area contributed by atoms with Crippen molar-refractivity contribution in [1.29, 1.82) is 5.26 Å². The Morgan fingerprint density at radius 1 is 1.40 bits per heavy atom. The largest absolute Gasteiger partial charge is 0.496 e. The van der Waals surface area contributed by atoms with E-state index in [0.29, 0.717) is 16.1 Å². The number of methoxy groups -OCH3 is 1. The predicted octanol–water partition coefficient (Wildman–Crippen LogP) is 3.85. The Kier molecular flexibility index (Phi) is 4.15. The molecule has 20 heavy (non-hydrogen) atoms. The lowest BCUT2D eigenvalue weighted by atomic mass is 9.99. The molecular weight excluding hydrogens is 318 g/mol. The number of hydrogen-bond donors (Lipinski definition) is 0. The van der Waals surface area contributed by atoms with Crippen molar-refractivity contribution >= 4 is 15.9 Å². The maximum Gasteiger partial charge on any atom is 0.177 e. The number of aryl methyl sites for hydroxylation is 1. The maximum absolute atomic E-state index is 9.09. The number of benzene rings is 1. The van der Waals surface area contributed by atoms with Gasteiger partial charge in [-0.15, -0.1) is 0 Å². The highest BCUT2D eigenvalue weighted by atomic mass is 79.9. The lowest BCUT2D eigenvalue weighted by molar-refractivity contribution is 0.416. The molecule has 0 saturated carbocycles. The van der Waals surface area contributed by atoms with Crippen LogP contribution < -0.4 is 4.74 Å². The third-order valence-corrected chi connectivity index (χ3v) is 3.99. The minimum atomic E-state index is 0.375. The highest BCUT2D eigenvalue weighted by Crippen LogP contribution is 2.37. The highest BCUT2D eigenvalue weighted by Gasteiger charge is 2.19. The molecule has 0 aliphatic rings. The smallest absolute Gasteiger partial charge is 0.177 e. The molecule has 0 aliphatic heterocycles. The van der Waals surface area contributed by atoms with E-state index in [4.69, 9.17) is 10.00 Å². The second kappa shape index (κ2) is 5.68. The van der Waals surface area contributed by atoms with Crippen LogP contribution in [0.3, 0.4) is 0 Å². The van der Waals surface area contributed by atoms with E-state index in [1.165, 1.54) is 5.56 Å². The molecule has 1 aromatic carbocycles. The van der Waals surface area contributed by atoms with E-state index >= 15 is 0 Å². The van der Waals surface area contributed by atoms with E-state index in [1.807, 2.05) is 13.1 Å². The molecule has 0 fully saturated rings. The molecule has 1 aromatic heterocycles. The second-order valence-electron chi connectivity index (χ2n) is 4.86. The first-order chi connectivity index (χ1) is 9.49. The van der Waals surface area contributed by atoms with E-state index in [-0.39, 0.29) is 0 Å². The summed E-state index contributed by atoms with van der Waals surface area (Å²) in [6, 6.07) is 8.18. The van der Waals surface area contributed by atoms with Gasteiger partial charge in [-0.2, -0.15) is 10.4 Å². The third-order valence-electron chi connectivity index (χ3n) is 3.24. The fourth-order valence-electron chi connectivity index (χ4n) is 2.13. The number of nitriles is 1. The fourth-order valence-corrected chi connectivity index (χ4v) is 2.77. The Hall–Kier alpha value is -1.80. The Bertz CT molecular complexity index is 683. The van der Waals surface area contributed by atoms with Crippen LogP contribution in [0.25, 0.3) is 11.3 Å². The zero-order valence-corrected chi connectivity index (χ0v) is 13.5. The molecule has 0 amide bonds. The van der Waals surface area contributed by atoms with Crippen LogP contribution in [-0.2, 0) is 7.05 Å². The molecule has 0 bridgehead atoms. The Morgan fingerprint density at radius 2 is 2.10 bits per heavy atom. The lowest BCUT2D eigenvalue weighted by Crippen LogP contribution is -1.98. The molecule has 0 N–H and O–H groups in total. The SMILES string of the molecule is COc1ccc(C(C)C)cc1-c1c(Br)c(C#N)nn1C. The van der Waals surface area contributed by atoms with Crippen LogP contribution in [0.5, 0.6) is 5.75 Å². The summed E-state index contributed by atoms with van der Waals surface area (Å²) in [6.07, 6.45) is 0. The quantitative estimate of drug-likeness (QED) is 0.857. The van der Waals surface area contributed by atoms with Gasteiger partial charge in [0.2, 0.25) is 0 Å². The lowest BCUT2D eigenvalue weighted by Gasteiger charge is -2.13. The van der Waals surface area contributed by atoms with Gasteiger partial charge in [0.25, 0.3) is 0 Å². The molecule has 0 unspecified atom stereocenters. The summed E-state index contributed by atoms with van der Waals surface area (Å²) in [7, 11) is 3.46. The number of halogens is 1. The highest BCUT2D eigenvalue weighted by molar-refractivity contribution is 9.10. The normalized spacial score (nSPS) is 10.7. The average molecular weight is 334 g/mol. The zero-order valence-electron chi connectivity index (χ0n) is 11.9. The molecule has 0 aliphatic carbocycles. The van der Waals surface area contributed by atoms with Gasteiger partial charge >= 0.3 is 0 Å². The van der Waals surface area contributed by atoms with Gasteiger partial charge in [0, 0.05) is 12.6 Å². The van der Waals surface area contributed by atoms with Crippen LogP contribution >= 0.6 is 15.9 Å². The molecule has 104 valence electrons. The molecule has 5 heteroatoms. The van der Waals surface area contributed by atoms with Gasteiger partial charge in [-0.1, -0.05) is 19.9 Å². The van der Waals surface area contributed by atoms with Crippen molar-refractivity contribution in [3.05, 3.63) is 33.9 Å². The zero-order chi connectivity index (χ0) is 14.9. The average Bonchev–Trinajstić information content (AvgIpc) is 2.72. The van der Waals surface area contributed by atoms with E-state index in [2.05, 4.69) is 53.1 Å². The van der Waals surface area contributed by atoms with Gasteiger partial charge in [-0.25, -0.2) is 0 Å². The standard InChI is InChI=1S/C15H16BrN3O/c1-9(2)10-5-6-13(20-4)11(7-10)15-14(16)12(8-17)18-19(15)3/h5-7,9H,1-4H3. The van der Waals surface area contributed by atoms with Crippen LogP contribution in [0.15, 0.2) is 22.7 Å². The minimum Gasteiger partial charge on any atom is -0.496 e. The first kappa shape index (κ1) is 14.6. The van der Waals surface area contributed by atoms with Crippen molar-refractivity contribution in [3.63, 3.8) is 0 Å². The number of aromatic nitrogens is 2. The van der Waals surface area contributed by atoms with Gasteiger partial charge in [-0.05, 0) is 39.5 Å². The van der Waals surface area contributed by atoms with E-state index in [9.17, 15) is 0 Å². The summed E-state index contributed by atoms with van der Waals surface area (Å²) in [5.41, 5.74) is 3.37. The van der Waals surface area contributed by atoms with Crippen molar-refractivity contribution in [2.75, 3.05) is 7.11 Å². The molecule has 0 spiro atoms. The number of rotatable bonds is 3. The molecule has 1 heterocycles. The Morgan fingerprint density at radius 3 is 2.60 bits per heavy atom. The molecule has 4 nitrogen and oxygen atoms in total. The van der Waals surface area contributed by atoms with Crippen molar-refractivity contribution in [2.24, 2.45) is 7.05 Å². The summed E-state index contributed by atoms with van der Waals surface area (Å²) in [5, 5.41) is 13.3. The maximum atomic E-state index is 9.09. The Balaban J connectivity index is 2.71. The molecule has 2 rings (SSSR count). The summed E-state index contributed by atoms with van der Waals surface area (Å²) < 4.78 is 7.84. The number of hydrogen-bond acceptors (Lipinski definition) is 3. The van der Waals surface area contributed by atoms with E-state index < -0.39 is 0 Å². The van der Waals surface area contributed by atoms with E-state index in [0.717, 1.165) is 17.0 Å². The summed E-state index contributed by atoms with van der Waals surface area (Å²) >= 11 is 3.46. The fraction of sp³-hybridized carbons (Fsp3) is 0.333. The van der Waals surface area contributed by atoms with Crippen LogP contribution in [0, 0.1) is 11.3 Å².